The van der Waals surface area contributed by atoms with Crippen LogP contribution in [0.2, 0.25) is 0 Å². The molecule has 124 valence electrons. The molecule has 0 bridgehead atoms. The van der Waals surface area contributed by atoms with Crippen molar-refractivity contribution in [3.63, 3.8) is 0 Å². The molecule has 24 heavy (non-hydrogen) atoms. The van der Waals surface area contributed by atoms with E-state index < -0.39 is 0 Å². The molecule has 0 atom stereocenters. The normalized spacial score (nSPS) is 10.8. The average molecular weight is 340 g/mol. The molecule has 0 aliphatic rings. The molecule has 0 radical (unpaired) electrons. The molecule has 0 N–H and O–H groups in total. The first-order chi connectivity index (χ1) is 11.5. The molecule has 0 fully saturated rings. The standard InChI is InChI=1S/C19H20N2O2S/c1-12-6-5-7-18(14(12)3)23-11-17(22)16-10-13(2)21(15(16)4)19-20-8-9-24-19/h5-10H,11H2,1-4H3. The maximum atomic E-state index is 12.6. The summed E-state index contributed by atoms with van der Waals surface area (Å²) in [6.45, 7) is 8.00. The minimum absolute atomic E-state index is 0.0215. The molecule has 0 amide bonds. The number of hydrogen-bond acceptors (Lipinski definition) is 4. The minimum atomic E-state index is -0.0215. The van der Waals surface area contributed by atoms with Crippen LogP contribution in [0, 0.1) is 27.7 Å². The Balaban J connectivity index is 1.81. The maximum Gasteiger partial charge on any atom is 0.202 e. The Morgan fingerprint density at radius 3 is 2.75 bits per heavy atom. The van der Waals surface area contributed by atoms with Crippen molar-refractivity contribution in [3.05, 3.63) is 63.9 Å². The first-order valence-electron chi connectivity index (χ1n) is 7.80. The van der Waals surface area contributed by atoms with E-state index in [1.165, 1.54) is 0 Å². The molecule has 0 saturated carbocycles. The van der Waals surface area contributed by atoms with Gasteiger partial charge in [0.15, 0.2) is 11.7 Å². The molecule has 0 saturated heterocycles. The number of aryl methyl sites for hydroxylation is 2. The molecule has 5 heteroatoms. The molecule has 1 aromatic carbocycles. The summed E-state index contributed by atoms with van der Waals surface area (Å²) in [5.41, 5.74) is 4.81. The number of carbonyl (C=O) groups excluding carboxylic acids is 1. The number of benzene rings is 1. The number of ketones is 1. The van der Waals surface area contributed by atoms with Gasteiger partial charge >= 0.3 is 0 Å². The fourth-order valence-corrected chi connectivity index (χ4v) is 3.52. The van der Waals surface area contributed by atoms with Crippen LogP contribution in [0.5, 0.6) is 5.75 Å². The second-order valence-electron chi connectivity index (χ2n) is 5.84. The Hall–Kier alpha value is -2.40. The lowest BCUT2D eigenvalue weighted by atomic mass is 10.1. The maximum absolute atomic E-state index is 12.6. The van der Waals surface area contributed by atoms with Gasteiger partial charge in [0, 0.05) is 28.5 Å². The molecule has 3 rings (SSSR count). The van der Waals surface area contributed by atoms with Gasteiger partial charge in [0.25, 0.3) is 0 Å². The van der Waals surface area contributed by atoms with Gasteiger partial charge in [-0.15, -0.1) is 11.3 Å². The third kappa shape index (κ3) is 2.99. The fourth-order valence-electron chi connectivity index (χ4n) is 2.77. The van der Waals surface area contributed by atoms with E-state index in [9.17, 15) is 4.79 Å². The number of aromatic nitrogens is 2. The predicted octanol–water partition coefficient (Wildman–Crippen LogP) is 4.43. The molecule has 2 heterocycles. The van der Waals surface area contributed by atoms with E-state index in [0.717, 1.165) is 33.4 Å². The molecule has 0 aliphatic carbocycles. The van der Waals surface area contributed by atoms with Gasteiger partial charge in [-0.05, 0) is 51.0 Å². The first kappa shape index (κ1) is 16.5. The Labute approximate surface area is 145 Å². The van der Waals surface area contributed by atoms with Crippen molar-refractivity contribution in [2.75, 3.05) is 6.61 Å². The largest absolute Gasteiger partial charge is 0.485 e. The second kappa shape index (κ2) is 6.61. The van der Waals surface area contributed by atoms with Gasteiger partial charge in [-0.1, -0.05) is 12.1 Å². The summed E-state index contributed by atoms with van der Waals surface area (Å²) < 4.78 is 7.77. The van der Waals surface area contributed by atoms with Crippen molar-refractivity contribution in [2.45, 2.75) is 27.7 Å². The van der Waals surface area contributed by atoms with Crippen molar-refractivity contribution in [1.82, 2.24) is 9.55 Å². The molecule has 4 nitrogen and oxygen atoms in total. The molecule has 0 aliphatic heterocycles. The number of Topliss-reactive ketones (excluding diaryl/α,β-unsaturated/α-hetero) is 1. The van der Waals surface area contributed by atoms with Gasteiger partial charge in [-0.25, -0.2) is 4.98 Å². The van der Waals surface area contributed by atoms with E-state index in [2.05, 4.69) is 4.98 Å². The molecule has 0 unspecified atom stereocenters. The zero-order chi connectivity index (χ0) is 17.3. The summed E-state index contributed by atoms with van der Waals surface area (Å²) in [4.78, 5) is 16.9. The van der Waals surface area contributed by atoms with Gasteiger partial charge in [0.2, 0.25) is 5.78 Å². The number of carbonyl (C=O) groups is 1. The van der Waals surface area contributed by atoms with Crippen LogP contribution < -0.4 is 4.74 Å². The molecule has 2 aromatic heterocycles. The number of rotatable bonds is 5. The number of hydrogen-bond donors (Lipinski definition) is 0. The third-order valence-electron chi connectivity index (χ3n) is 4.26. The quantitative estimate of drug-likeness (QED) is 0.645. The lowest BCUT2D eigenvalue weighted by Crippen LogP contribution is -2.13. The Morgan fingerprint density at radius 2 is 2.04 bits per heavy atom. The van der Waals surface area contributed by atoms with E-state index in [0.29, 0.717) is 5.56 Å². The van der Waals surface area contributed by atoms with Gasteiger partial charge in [-0.3, -0.25) is 9.36 Å². The Morgan fingerprint density at radius 1 is 1.25 bits per heavy atom. The van der Waals surface area contributed by atoms with E-state index in [-0.39, 0.29) is 12.4 Å². The van der Waals surface area contributed by atoms with Crippen LogP contribution in [-0.4, -0.2) is 21.9 Å². The number of thiazole rings is 1. The van der Waals surface area contributed by atoms with Crippen LogP contribution in [0.4, 0.5) is 0 Å². The van der Waals surface area contributed by atoms with Crippen molar-refractivity contribution < 1.29 is 9.53 Å². The third-order valence-corrected chi connectivity index (χ3v) is 5.01. The van der Waals surface area contributed by atoms with Crippen molar-refractivity contribution in [1.29, 1.82) is 0 Å². The number of ether oxygens (including phenoxy) is 1. The van der Waals surface area contributed by atoms with Crippen LogP contribution in [0.1, 0.15) is 32.9 Å². The van der Waals surface area contributed by atoms with Crippen LogP contribution in [0.25, 0.3) is 5.13 Å². The molecular weight excluding hydrogens is 320 g/mol. The fraction of sp³-hybridized carbons (Fsp3) is 0.263. The topological polar surface area (TPSA) is 44.1 Å². The summed E-state index contributed by atoms with van der Waals surface area (Å²) in [7, 11) is 0. The van der Waals surface area contributed by atoms with Crippen LogP contribution >= 0.6 is 11.3 Å². The van der Waals surface area contributed by atoms with E-state index in [4.69, 9.17) is 4.74 Å². The van der Waals surface area contributed by atoms with Crippen molar-refractivity contribution in [3.8, 4) is 10.9 Å². The highest BCUT2D eigenvalue weighted by molar-refractivity contribution is 7.12. The van der Waals surface area contributed by atoms with Gasteiger partial charge in [0.1, 0.15) is 5.75 Å². The highest BCUT2D eigenvalue weighted by atomic mass is 32.1. The van der Waals surface area contributed by atoms with E-state index >= 15 is 0 Å². The summed E-state index contributed by atoms with van der Waals surface area (Å²) >= 11 is 1.55. The minimum Gasteiger partial charge on any atom is -0.485 e. The highest BCUT2D eigenvalue weighted by Gasteiger charge is 2.18. The molecule has 0 spiro atoms. The Bertz CT molecular complexity index is 879. The molecular formula is C19H20N2O2S. The van der Waals surface area contributed by atoms with E-state index in [1.54, 1.807) is 17.5 Å². The van der Waals surface area contributed by atoms with Gasteiger partial charge in [-0.2, -0.15) is 0 Å². The number of nitrogens with zero attached hydrogens (tertiary/aromatic N) is 2. The zero-order valence-corrected chi connectivity index (χ0v) is 15.1. The summed E-state index contributed by atoms with van der Waals surface area (Å²) in [5, 5.41) is 2.80. The van der Waals surface area contributed by atoms with Crippen molar-refractivity contribution >= 4 is 17.1 Å². The van der Waals surface area contributed by atoms with Crippen LogP contribution in [0.15, 0.2) is 35.8 Å². The summed E-state index contributed by atoms with van der Waals surface area (Å²) in [6, 6.07) is 7.78. The SMILES string of the molecule is Cc1cccc(OCC(=O)c2cc(C)n(-c3nccs3)c2C)c1C. The zero-order valence-electron chi connectivity index (χ0n) is 14.3. The highest BCUT2D eigenvalue weighted by Crippen LogP contribution is 2.24. The summed E-state index contributed by atoms with van der Waals surface area (Å²) in [6.07, 6.45) is 1.77. The second-order valence-corrected chi connectivity index (χ2v) is 6.72. The van der Waals surface area contributed by atoms with Gasteiger partial charge in [0.05, 0.1) is 0 Å². The van der Waals surface area contributed by atoms with Crippen molar-refractivity contribution in [2.24, 2.45) is 0 Å². The predicted molar refractivity (Wildman–Crippen MR) is 96.7 cm³/mol. The summed E-state index contributed by atoms with van der Waals surface area (Å²) in [5.74, 6) is 0.740. The van der Waals surface area contributed by atoms with E-state index in [1.807, 2.05) is 61.9 Å². The van der Waals surface area contributed by atoms with Crippen LogP contribution in [-0.2, 0) is 0 Å². The lowest BCUT2D eigenvalue weighted by Gasteiger charge is -2.10. The molecule has 3 aromatic rings. The lowest BCUT2D eigenvalue weighted by molar-refractivity contribution is 0.0920. The van der Waals surface area contributed by atoms with Gasteiger partial charge < -0.3 is 4.74 Å². The smallest absolute Gasteiger partial charge is 0.202 e. The average Bonchev–Trinajstić information content (AvgIpc) is 3.16. The first-order valence-corrected chi connectivity index (χ1v) is 8.68. The Kier molecular flexibility index (Phi) is 4.53. The monoisotopic (exact) mass is 340 g/mol. The van der Waals surface area contributed by atoms with Crippen LogP contribution in [0.3, 0.4) is 0 Å².